The molecule has 154 valence electrons. The van der Waals surface area contributed by atoms with E-state index in [1.807, 2.05) is 13.0 Å². The van der Waals surface area contributed by atoms with E-state index in [0.717, 1.165) is 24.2 Å². The number of fused-ring (bicyclic) bond motifs is 1. The van der Waals surface area contributed by atoms with Crippen LogP contribution in [-0.2, 0) is 0 Å². The lowest BCUT2D eigenvalue weighted by Crippen LogP contribution is -2.29. The minimum absolute atomic E-state index is 0.0415. The minimum atomic E-state index is -0.521. The zero-order valence-electron chi connectivity index (χ0n) is 16.6. The fraction of sp³-hybridized carbons (Fsp3) is 0.273. The van der Waals surface area contributed by atoms with Crippen LogP contribution in [0.1, 0.15) is 40.9 Å². The quantitative estimate of drug-likeness (QED) is 0.384. The second kappa shape index (κ2) is 8.36. The van der Waals surface area contributed by atoms with Crippen LogP contribution in [0.5, 0.6) is 0 Å². The van der Waals surface area contributed by atoms with Gasteiger partial charge in [-0.3, -0.25) is 14.9 Å². The number of hydrogen-bond acceptors (Lipinski definition) is 6. The van der Waals surface area contributed by atoms with Crippen molar-refractivity contribution in [1.82, 2.24) is 5.43 Å². The van der Waals surface area contributed by atoms with Crippen LogP contribution in [0.15, 0.2) is 52.0 Å². The van der Waals surface area contributed by atoms with Gasteiger partial charge in [-0.2, -0.15) is 5.10 Å². The van der Waals surface area contributed by atoms with Gasteiger partial charge in [0.05, 0.1) is 11.1 Å². The van der Waals surface area contributed by atoms with Gasteiger partial charge in [0.15, 0.2) is 5.76 Å². The van der Waals surface area contributed by atoms with Gasteiger partial charge in [-0.05, 0) is 61.6 Å². The number of amides is 1. The number of rotatable bonds is 5. The fourth-order valence-corrected chi connectivity index (χ4v) is 3.63. The molecule has 1 aliphatic rings. The molecule has 8 heteroatoms. The molecular formula is C22H22N4O4. The number of nitro groups is 1. The van der Waals surface area contributed by atoms with Gasteiger partial charge in [-0.15, -0.1) is 0 Å². The van der Waals surface area contributed by atoms with Crippen molar-refractivity contribution >= 4 is 34.5 Å². The summed E-state index contributed by atoms with van der Waals surface area (Å²) in [4.78, 5) is 25.1. The van der Waals surface area contributed by atoms with Crippen LogP contribution < -0.4 is 10.3 Å². The number of benzene rings is 2. The molecule has 1 N–H and O–H groups in total. The number of carbonyl (C=O) groups excluding carboxylic acids is 1. The molecule has 1 aliphatic heterocycles. The van der Waals surface area contributed by atoms with E-state index in [4.69, 9.17) is 4.42 Å². The average Bonchev–Trinajstić information content (AvgIpc) is 3.19. The van der Waals surface area contributed by atoms with E-state index in [0.29, 0.717) is 11.0 Å². The summed E-state index contributed by atoms with van der Waals surface area (Å²) in [6, 6.07) is 11.9. The van der Waals surface area contributed by atoms with Crippen molar-refractivity contribution in [3.05, 3.63) is 69.5 Å². The Morgan fingerprint density at radius 1 is 1.17 bits per heavy atom. The Balaban J connectivity index is 1.43. The van der Waals surface area contributed by atoms with Crippen LogP contribution in [0.3, 0.4) is 0 Å². The first-order valence-electron chi connectivity index (χ1n) is 9.88. The summed E-state index contributed by atoms with van der Waals surface area (Å²) < 4.78 is 5.46. The third-order valence-electron chi connectivity index (χ3n) is 5.28. The van der Waals surface area contributed by atoms with Crippen LogP contribution in [0.25, 0.3) is 11.0 Å². The number of non-ortho nitro benzene ring substituents is 1. The molecule has 0 saturated carbocycles. The van der Waals surface area contributed by atoms with Crippen LogP contribution in [0, 0.1) is 17.0 Å². The number of nitrogens with zero attached hydrogens (tertiary/aromatic N) is 3. The molecule has 0 aliphatic carbocycles. The summed E-state index contributed by atoms with van der Waals surface area (Å²) in [6.45, 7) is 4.19. The van der Waals surface area contributed by atoms with Crippen molar-refractivity contribution in [3.8, 4) is 0 Å². The Hall–Kier alpha value is -3.68. The highest BCUT2D eigenvalue weighted by Crippen LogP contribution is 2.24. The normalized spacial score (nSPS) is 14.4. The summed E-state index contributed by atoms with van der Waals surface area (Å²) in [5.74, 6) is -0.479. The first-order chi connectivity index (χ1) is 14.5. The van der Waals surface area contributed by atoms with Crippen molar-refractivity contribution in [1.29, 1.82) is 0 Å². The lowest BCUT2D eigenvalue weighted by atomic mass is 10.1. The average molecular weight is 406 g/mol. The summed E-state index contributed by atoms with van der Waals surface area (Å²) in [5, 5.41) is 15.4. The Morgan fingerprint density at radius 2 is 1.97 bits per heavy atom. The van der Waals surface area contributed by atoms with Gasteiger partial charge in [0.25, 0.3) is 5.69 Å². The van der Waals surface area contributed by atoms with Crippen LogP contribution in [0.4, 0.5) is 11.4 Å². The summed E-state index contributed by atoms with van der Waals surface area (Å²) in [5.41, 5.74) is 5.99. The lowest BCUT2D eigenvalue weighted by molar-refractivity contribution is -0.384. The molecule has 1 saturated heterocycles. The molecule has 0 bridgehead atoms. The lowest BCUT2D eigenvalue weighted by Gasteiger charge is -2.29. The summed E-state index contributed by atoms with van der Waals surface area (Å²) >= 11 is 0. The highest BCUT2D eigenvalue weighted by molar-refractivity contribution is 5.97. The zero-order valence-corrected chi connectivity index (χ0v) is 16.6. The standard InChI is InChI=1S/C22H22N4O4/c1-15-11-18(25-9-3-2-4-10-25)6-5-16(15)14-23-24-22(27)21-13-17-12-19(26(28)29)7-8-20(17)30-21/h5-8,11-14H,2-4,9-10H2,1H3,(H,24,27)/b23-14+. The van der Waals surface area contributed by atoms with Gasteiger partial charge in [0, 0.05) is 36.3 Å². The number of hydrogen-bond donors (Lipinski definition) is 1. The Morgan fingerprint density at radius 3 is 2.70 bits per heavy atom. The maximum absolute atomic E-state index is 12.3. The molecule has 2 aromatic carbocycles. The van der Waals surface area contributed by atoms with Crippen molar-refractivity contribution in [2.24, 2.45) is 5.10 Å². The van der Waals surface area contributed by atoms with Gasteiger partial charge in [-0.1, -0.05) is 6.07 Å². The molecule has 0 spiro atoms. The van der Waals surface area contributed by atoms with Crippen LogP contribution >= 0.6 is 0 Å². The fourth-order valence-electron chi connectivity index (χ4n) is 3.63. The van der Waals surface area contributed by atoms with Crippen molar-refractivity contribution in [3.63, 3.8) is 0 Å². The maximum Gasteiger partial charge on any atom is 0.307 e. The van der Waals surface area contributed by atoms with Gasteiger partial charge in [-0.25, -0.2) is 5.43 Å². The predicted octanol–water partition coefficient (Wildman–Crippen LogP) is 4.40. The predicted molar refractivity (Wildman–Crippen MR) is 115 cm³/mol. The SMILES string of the molecule is Cc1cc(N2CCCCC2)ccc1/C=N/NC(=O)c1cc2cc([N+](=O)[O-])ccc2o1. The maximum atomic E-state index is 12.3. The van der Waals surface area contributed by atoms with Gasteiger partial charge in [0.1, 0.15) is 5.58 Å². The molecule has 8 nitrogen and oxygen atoms in total. The number of nitrogens with one attached hydrogen (secondary N) is 1. The van der Waals surface area contributed by atoms with E-state index in [9.17, 15) is 14.9 Å². The number of aryl methyl sites for hydroxylation is 1. The molecule has 1 amide bonds. The molecule has 0 atom stereocenters. The highest BCUT2D eigenvalue weighted by Gasteiger charge is 2.15. The van der Waals surface area contributed by atoms with Crippen molar-refractivity contribution < 1.29 is 14.1 Å². The number of furan rings is 1. The van der Waals surface area contributed by atoms with Crippen LogP contribution in [0.2, 0.25) is 0 Å². The third-order valence-corrected chi connectivity index (χ3v) is 5.28. The van der Waals surface area contributed by atoms with Gasteiger partial charge >= 0.3 is 5.91 Å². The summed E-state index contributed by atoms with van der Waals surface area (Å²) in [6.07, 6.45) is 5.34. The number of anilines is 1. The molecule has 2 heterocycles. The molecular weight excluding hydrogens is 384 g/mol. The first-order valence-corrected chi connectivity index (χ1v) is 9.88. The molecule has 1 aromatic heterocycles. The zero-order chi connectivity index (χ0) is 21.1. The van der Waals surface area contributed by atoms with Gasteiger partial charge < -0.3 is 9.32 Å². The van der Waals surface area contributed by atoms with E-state index < -0.39 is 10.8 Å². The second-order valence-corrected chi connectivity index (χ2v) is 7.38. The largest absolute Gasteiger partial charge is 0.451 e. The second-order valence-electron chi connectivity index (χ2n) is 7.38. The van der Waals surface area contributed by atoms with Gasteiger partial charge in [0.2, 0.25) is 0 Å². The third kappa shape index (κ3) is 4.17. The molecule has 4 rings (SSSR count). The van der Waals surface area contributed by atoms with Crippen molar-refractivity contribution in [2.75, 3.05) is 18.0 Å². The Kier molecular flexibility index (Phi) is 5.47. The monoisotopic (exact) mass is 406 g/mol. The Labute approximate surface area is 173 Å². The molecule has 1 fully saturated rings. The van der Waals surface area contributed by atoms with Crippen LogP contribution in [-0.4, -0.2) is 30.1 Å². The smallest absolute Gasteiger partial charge is 0.307 e. The van der Waals surface area contributed by atoms with E-state index in [-0.39, 0.29) is 11.4 Å². The topological polar surface area (TPSA) is 101 Å². The molecule has 0 radical (unpaired) electrons. The minimum Gasteiger partial charge on any atom is -0.451 e. The molecule has 0 unspecified atom stereocenters. The van der Waals surface area contributed by atoms with E-state index in [1.54, 1.807) is 6.21 Å². The summed E-state index contributed by atoms with van der Waals surface area (Å²) in [7, 11) is 0. The van der Waals surface area contributed by atoms with Crippen molar-refractivity contribution in [2.45, 2.75) is 26.2 Å². The highest BCUT2D eigenvalue weighted by atomic mass is 16.6. The van der Waals surface area contributed by atoms with E-state index in [1.165, 1.54) is 49.2 Å². The van der Waals surface area contributed by atoms with E-state index >= 15 is 0 Å². The number of carbonyl (C=O) groups is 1. The number of hydrazone groups is 1. The number of piperidine rings is 1. The number of nitro benzene ring substituents is 1. The first kappa shape index (κ1) is 19.6. The van der Waals surface area contributed by atoms with E-state index in [2.05, 4.69) is 27.6 Å². The molecule has 30 heavy (non-hydrogen) atoms. The Bertz CT molecular complexity index is 1130. The molecule has 3 aromatic rings.